The number of unbranched alkanes of at least 4 members (excludes halogenated alkanes) is 1. The second-order valence-corrected chi connectivity index (χ2v) is 7.09. The van der Waals surface area contributed by atoms with Crippen molar-refractivity contribution in [1.82, 2.24) is 9.66 Å². The van der Waals surface area contributed by atoms with Crippen LogP contribution in [0.15, 0.2) is 56.8 Å². The third kappa shape index (κ3) is 4.65. The van der Waals surface area contributed by atoms with E-state index in [-0.39, 0.29) is 12.2 Å². The number of aromatic nitrogens is 2. The van der Waals surface area contributed by atoms with Crippen LogP contribution in [0.5, 0.6) is 5.75 Å². The number of halogens is 1. The number of benzene rings is 2. The Morgan fingerprint density at radius 1 is 1.32 bits per heavy atom. The first-order chi connectivity index (χ1) is 13.6. The van der Waals surface area contributed by atoms with E-state index in [1.54, 1.807) is 24.4 Å². The molecule has 1 aromatic heterocycles. The molecule has 0 fully saturated rings. The molecule has 0 aliphatic carbocycles. The number of nitriles is 1. The van der Waals surface area contributed by atoms with Gasteiger partial charge in [0.25, 0.3) is 5.56 Å². The summed E-state index contributed by atoms with van der Waals surface area (Å²) < 4.78 is 7.50. The number of ether oxygens (including phenoxy) is 1. The minimum Gasteiger partial charge on any atom is -0.479 e. The Bertz CT molecular complexity index is 1120. The van der Waals surface area contributed by atoms with Gasteiger partial charge in [0.2, 0.25) is 0 Å². The van der Waals surface area contributed by atoms with Gasteiger partial charge in [-0.3, -0.25) is 4.79 Å². The van der Waals surface area contributed by atoms with Crippen LogP contribution in [-0.4, -0.2) is 22.5 Å². The van der Waals surface area contributed by atoms with Crippen LogP contribution in [-0.2, 0) is 6.42 Å². The lowest BCUT2D eigenvalue weighted by Gasteiger charge is -2.09. The van der Waals surface area contributed by atoms with Crippen LogP contribution in [0.3, 0.4) is 0 Å². The highest BCUT2D eigenvalue weighted by molar-refractivity contribution is 9.10. The molecule has 0 saturated carbocycles. The van der Waals surface area contributed by atoms with Crippen molar-refractivity contribution in [1.29, 1.82) is 5.26 Å². The van der Waals surface area contributed by atoms with Gasteiger partial charge in [0.15, 0.2) is 6.61 Å². The van der Waals surface area contributed by atoms with Crippen molar-refractivity contribution in [3.05, 3.63) is 68.7 Å². The minimum absolute atomic E-state index is 0.0231. The Hall–Kier alpha value is -2.98. The smallest absolute Gasteiger partial charge is 0.282 e. The molecule has 3 rings (SSSR count). The molecule has 0 unspecified atom stereocenters. The Balaban J connectivity index is 2.03. The maximum atomic E-state index is 13.0. The summed E-state index contributed by atoms with van der Waals surface area (Å²) in [5, 5.41) is 13.6. The van der Waals surface area contributed by atoms with E-state index in [1.807, 2.05) is 30.3 Å². The second-order valence-electron chi connectivity index (χ2n) is 6.17. The Kier molecular flexibility index (Phi) is 6.56. The number of aryl methyl sites for hydroxylation is 1. The summed E-state index contributed by atoms with van der Waals surface area (Å²) in [4.78, 5) is 17.7. The maximum Gasteiger partial charge on any atom is 0.282 e. The van der Waals surface area contributed by atoms with Gasteiger partial charge < -0.3 is 4.74 Å². The summed E-state index contributed by atoms with van der Waals surface area (Å²) in [6, 6.07) is 14.6. The molecule has 0 aliphatic rings. The van der Waals surface area contributed by atoms with Crippen molar-refractivity contribution in [3.8, 4) is 11.8 Å². The van der Waals surface area contributed by atoms with Gasteiger partial charge in [0.1, 0.15) is 17.6 Å². The zero-order valence-electron chi connectivity index (χ0n) is 15.4. The van der Waals surface area contributed by atoms with Crippen LogP contribution < -0.4 is 10.3 Å². The molecule has 0 atom stereocenters. The SMILES string of the molecule is CCCCc1nc2ccc(Br)cc2c(=O)n1N=Cc1cccc(OCC#N)c1. The maximum absolute atomic E-state index is 13.0. The quantitative estimate of drug-likeness (QED) is 0.515. The molecular formula is C21H19BrN4O2. The molecule has 0 aliphatic heterocycles. The van der Waals surface area contributed by atoms with E-state index in [1.165, 1.54) is 4.68 Å². The topological polar surface area (TPSA) is 80.3 Å². The van der Waals surface area contributed by atoms with Crippen molar-refractivity contribution in [2.75, 3.05) is 6.61 Å². The Labute approximate surface area is 171 Å². The highest BCUT2D eigenvalue weighted by atomic mass is 79.9. The first-order valence-corrected chi connectivity index (χ1v) is 9.77. The molecule has 2 aromatic carbocycles. The largest absolute Gasteiger partial charge is 0.479 e. The first-order valence-electron chi connectivity index (χ1n) is 8.97. The third-order valence-corrected chi connectivity index (χ3v) is 4.61. The number of fused-ring (bicyclic) bond motifs is 1. The summed E-state index contributed by atoms with van der Waals surface area (Å²) in [7, 11) is 0. The molecule has 0 N–H and O–H groups in total. The van der Waals surface area contributed by atoms with Crippen molar-refractivity contribution >= 4 is 33.0 Å². The van der Waals surface area contributed by atoms with Crippen LogP contribution in [0.2, 0.25) is 0 Å². The van der Waals surface area contributed by atoms with E-state index in [4.69, 9.17) is 10.00 Å². The van der Waals surface area contributed by atoms with Gasteiger partial charge in [0.05, 0.1) is 17.1 Å². The molecule has 0 radical (unpaired) electrons. The van der Waals surface area contributed by atoms with Gasteiger partial charge in [-0.1, -0.05) is 41.4 Å². The molecule has 142 valence electrons. The molecule has 0 amide bonds. The standard InChI is InChI=1S/C21H19BrN4O2/c1-2-3-7-20-25-19-9-8-16(22)13-18(19)21(27)26(20)24-14-15-5-4-6-17(12-15)28-11-10-23/h4-6,8-9,12-14H,2-3,7,11H2,1H3. The monoisotopic (exact) mass is 438 g/mol. The second kappa shape index (κ2) is 9.29. The lowest BCUT2D eigenvalue weighted by Crippen LogP contribution is -2.22. The average Bonchev–Trinajstić information content (AvgIpc) is 2.71. The van der Waals surface area contributed by atoms with Crippen LogP contribution in [0.4, 0.5) is 0 Å². The summed E-state index contributed by atoms with van der Waals surface area (Å²) >= 11 is 3.40. The van der Waals surface area contributed by atoms with Crippen molar-refractivity contribution < 1.29 is 4.74 Å². The van der Waals surface area contributed by atoms with Gasteiger partial charge in [0, 0.05) is 10.9 Å². The molecule has 1 heterocycles. The highest BCUT2D eigenvalue weighted by Crippen LogP contribution is 2.17. The predicted octanol–water partition coefficient (Wildman–Crippen LogP) is 4.29. The van der Waals surface area contributed by atoms with Gasteiger partial charge in [-0.05, 0) is 42.3 Å². The van der Waals surface area contributed by atoms with Crippen molar-refractivity contribution in [2.45, 2.75) is 26.2 Å². The van der Waals surface area contributed by atoms with E-state index in [9.17, 15) is 4.79 Å². The zero-order valence-corrected chi connectivity index (χ0v) is 17.0. The number of hydrogen-bond acceptors (Lipinski definition) is 5. The zero-order chi connectivity index (χ0) is 19.9. The van der Waals surface area contributed by atoms with E-state index in [0.717, 1.165) is 22.9 Å². The molecule has 0 spiro atoms. The summed E-state index contributed by atoms with van der Waals surface area (Å²) in [6.07, 6.45) is 4.18. The molecule has 7 heteroatoms. The van der Waals surface area contributed by atoms with E-state index < -0.39 is 0 Å². The van der Waals surface area contributed by atoms with E-state index >= 15 is 0 Å². The molecule has 0 saturated heterocycles. The lowest BCUT2D eigenvalue weighted by molar-refractivity contribution is 0.368. The fourth-order valence-corrected chi connectivity index (χ4v) is 3.10. The van der Waals surface area contributed by atoms with Crippen molar-refractivity contribution in [3.63, 3.8) is 0 Å². The average molecular weight is 439 g/mol. The van der Waals surface area contributed by atoms with E-state index in [0.29, 0.717) is 28.9 Å². The summed E-state index contributed by atoms with van der Waals surface area (Å²) in [5.74, 6) is 1.21. The van der Waals surface area contributed by atoms with Crippen LogP contribution in [0.1, 0.15) is 31.2 Å². The van der Waals surface area contributed by atoms with Crippen LogP contribution >= 0.6 is 15.9 Å². The number of rotatable bonds is 7. The van der Waals surface area contributed by atoms with Gasteiger partial charge >= 0.3 is 0 Å². The minimum atomic E-state index is -0.203. The van der Waals surface area contributed by atoms with Gasteiger partial charge in [-0.2, -0.15) is 15.0 Å². The molecule has 28 heavy (non-hydrogen) atoms. The van der Waals surface area contributed by atoms with Crippen LogP contribution in [0, 0.1) is 11.3 Å². The lowest BCUT2D eigenvalue weighted by atomic mass is 10.2. The van der Waals surface area contributed by atoms with Crippen molar-refractivity contribution in [2.24, 2.45) is 5.10 Å². The van der Waals surface area contributed by atoms with E-state index in [2.05, 4.69) is 32.9 Å². The highest BCUT2D eigenvalue weighted by Gasteiger charge is 2.10. The summed E-state index contributed by atoms with van der Waals surface area (Å²) in [5.41, 5.74) is 1.22. The molecular weight excluding hydrogens is 420 g/mol. The predicted molar refractivity (Wildman–Crippen MR) is 113 cm³/mol. The molecule has 0 bridgehead atoms. The number of nitrogens with zero attached hydrogens (tertiary/aromatic N) is 4. The normalized spacial score (nSPS) is 11.0. The van der Waals surface area contributed by atoms with Crippen LogP contribution in [0.25, 0.3) is 10.9 Å². The van der Waals surface area contributed by atoms with Gasteiger partial charge in [-0.25, -0.2) is 4.98 Å². The summed E-state index contributed by atoms with van der Waals surface area (Å²) in [6.45, 7) is 2.07. The first kappa shape index (κ1) is 19.8. The molecule has 3 aromatic rings. The number of hydrogen-bond donors (Lipinski definition) is 0. The fourth-order valence-electron chi connectivity index (χ4n) is 2.74. The van der Waals surface area contributed by atoms with Gasteiger partial charge in [-0.15, -0.1) is 0 Å². The Morgan fingerprint density at radius 3 is 2.96 bits per heavy atom. The third-order valence-electron chi connectivity index (χ3n) is 4.11. The Morgan fingerprint density at radius 2 is 2.18 bits per heavy atom. The molecule has 6 nitrogen and oxygen atoms in total. The fraction of sp³-hybridized carbons (Fsp3) is 0.238.